The van der Waals surface area contributed by atoms with Crippen LogP contribution < -0.4 is 24.3 Å². The van der Waals surface area contributed by atoms with Gasteiger partial charge in [-0.2, -0.15) is 0 Å². The molecule has 0 saturated heterocycles. The molecule has 0 aromatic heterocycles. The summed E-state index contributed by atoms with van der Waals surface area (Å²) >= 11 is 0. The van der Waals surface area contributed by atoms with Crippen LogP contribution in [0.15, 0.2) is 66.7 Å². The van der Waals surface area contributed by atoms with Crippen LogP contribution in [-0.2, 0) is 25.5 Å². The van der Waals surface area contributed by atoms with Crippen molar-refractivity contribution >= 4 is 5.91 Å². The Labute approximate surface area is 264 Å². The SMILES string of the molecule is CCOC(CCCNC(=O)[C@@H]1[C@@H](c2ccccc2)[C@]2(c3ccc(OC)cc3)Oc3cc(OC)cc(OC)c3[C@]2(O)[C@H]1O)OCC. The maximum atomic E-state index is 14.2. The number of ether oxygens (including phenoxy) is 6. The standard InChI is InChI=1S/C35H43NO9/c1-6-43-28(44-7-2)14-11-19-36-33(38)29-30(22-12-9-8-10-13-22)35(23-15-17-24(40-3)18-16-23)34(39,32(29)37)31-26(42-5)20-25(41-4)21-27(31)45-35/h8-10,12-13,15-18,20-21,28-30,32,37,39H,6-7,11,14,19H2,1-5H3,(H,36,38)/t29-,30-,32+,34+,35+/m1/s1. The molecule has 5 rings (SSSR count). The minimum atomic E-state index is -2.11. The van der Waals surface area contributed by atoms with Crippen molar-refractivity contribution in [3.63, 3.8) is 0 Å². The Hall–Kier alpha value is -3.83. The number of carbonyl (C=O) groups is 1. The highest BCUT2D eigenvalue weighted by Crippen LogP contribution is 2.70. The predicted molar refractivity (Wildman–Crippen MR) is 167 cm³/mol. The van der Waals surface area contributed by atoms with Gasteiger partial charge >= 0.3 is 0 Å². The molecule has 3 aromatic rings. The lowest BCUT2D eigenvalue weighted by atomic mass is 9.70. The van der Waals surface area contributed by atoms with Crippen LogP contribution in [0.3, 0.4) is 0 Å². The fraction of sp³-hybridized carbons (Fsp3) is 0.457. The first-order chi connectivity index (χ1) is 21.8. The van der Waals surface area contributed by atoms with Crippen molar-refractivity contribution in [2.24, 2.45) is 5.92 Å². The first kappa shape index (κ1) is 32.6. The number of methoxy groups -OCH3 is 3. The van der Waals surface area contributed by atoms with Crippen molar-refractivity contribution in [2.45, 2.75) is 56.2 Å². The van der Waals surface area contributed by atoms with E-state index in [1.165, 1.54) is 14.2 Å². The summed E-state index contributed by atoms with van der Waals surface area (Å²) in [6.07, 6.45) is -0.769. The van der Waals surface area contributed by atoms with Gasteiger partial charge in [-0.15, -0.1) is 0 Å². The van der Waals surface area contributed by atoms with Gasteiger partial charge in [-0.05, 0) is 43.5 Å². The number of hydrogen-bond donors (Lipinski definition) is 3. The van der Waals surface area contributed by atoms with Gasteiger partial charge < -0.3 is 44.0 Å². The Morgan fingerprint density at radius 3 is 2.20 bits per heavy atom. The first-order valence-corrected chi connectivity index (χ1v) is 15.4. The monoisotopic (exact) mass is 621 g/mol. The zero-order valence-corrected chi connectivity index (χ0v) is 26.4. The van der Waals surface area contributed by atoms with Gasteiger partial charge in [0.15, 0.2) is 17.5 Å². The molecular weight excluding hydrogens is 578 g/mol. The number of hydrogen-bond acceptors (Lipinski definition) is 9. The maximum absolute atomic E-state index is 14.2. The van der Waals surface area contributed by atoms with E-state index in [4.69, 9.17) is 28.4 Å². The number of carbonyl (C=O) groups excluding carboxylic acids is 1. The zero-order valence-electron chi connectivity index (χ0n) is 26.4. The molecule has 2 aliphatic rings. The lowest BCUT2D eigenvalue weighted by molar-refractivity contribution is -0.154. The van der Waals surface area contributed by atoms with E-state index in [1.54, 1.807) is 43.5 Å². The van der Waals surface area contributed by atoms with Gasteiger partial charge in [0, 0.05) is 44.2 Å². The summed E-state index contributed by atoms with van der Waals surface area (Å²) in [4.78, 5) is 14.2. The predicted octanol–water partition coefficient (Wildman–Crippen LogP) is 4.26. The second kappa shape index (κ2) is 13.7. The van der Waals surface area contributed by atoms with E-state index in [0.717, 1.165) is 5.56 Å². The van der Waals surface area contributed by atoms with Crippen molar-refractivity contribution in [1.82, 2.24) is 5.32 Å². The Balaban J connectivity index is 1.62. The van der Waals surface area contributed by atoms with Gasteiger partial charge in [0.1, 0.15) is 29.1 Å². The van der Waals surface area contributed by atoms with Crippen LogP contribution in [0, 0.1) is 5.92 Å². The number of fused-ring (bicyclic) bond motifs is 3. The molecular formula is C35H43NO9. The molecule has 45 heavy (non-hydrogen) atoms. The molecule has 3 N–H and O–H groups in total. The summed E-state index contributed by atoms with van der Waals surface area (Å²) in [5, 5.41) is 28.3. The van der Waals surface area contributed by atoms with Crippen molar-refractivity contribution in [3.8, 4) is 23.0 Å². The molecule has 1 aliphatic heterocycles. The smallest absolute Gasteiger partial charge is 0.226 e. The van der Waals surface area contributed by atoms with E-state index in [0.29, 0.717) is 55.4 Å². The lowest BCUT2D eigenvalue weighted by Crippen LogP contribution is -2.52. The summed E-state index contributed by atoms with van der Waals surface area (Å²) < 4.78 is 34.8. The molecule has 1 saturated carbocycles. The van der Waals surface area contributed by atoms with Crippen LogP contribution in [0.2, 0.25) is 0 Å². The molecule has 0 radical (unpaired) electrons. The molecule has 0 bridgehead atoms. The van der Waals surface area contributed by atoms with Crippen molar-refractivity contribution in [2.75, 3.05) is 41.1 Å². The summed E-state index contributed by atoms with van der Waals surface area (Å²) in [6, 6.07) is 19.8. The number of amides is 1. The van der Waals surface area contributed by atoms with Gasteiger partial charge in [0.05, 0.1) is 32.8 Å². The number of aliphatic hydroxyl groups excluding tert-OH is 1. The fourth-order valence-electron chi connectivity index (χ4n) is 6.98. The number of aliphatic hydroxyl groups is 2. The quantitative estimate of drug-likeness (QED) is 0.179. The van der Waals surface area contributed by atoms with Crippen molar-refractivity contribution < 1.29 is 43.4 Å². The second-order valence-electron chi connectivity index (χ2n) is 11.2. The number of nitrogens with one attached hydrogen (secondary N) is 1. The van der Waals surface area contributed by atoms with E-state index in [-0.39, 0.29) is 17.6 Å². The topological polar surface area (TPSA) is 125 Å². The molecule has 5 atom stereocenters. The minimum Gasteiger partial charge on any atom is -0.497 e. The highest BCUT2D eigenvalue weighted by Gasteiger charge is 2.78. The van der Waals surface area contributed by atoms with Crippen LogP contribution in [0.1, 0.15) is 49.3 Å². The molecule has 242 valence electrons. The van der Waals surface area contributed by atoms with Gasteiger partial charge in [0.25, 0.3) is 0 Å². The normalized spacial score (nSPS) is 24.9. The largest absolute Gasteiger partial charge is 0.497 e. The molecule has 10 heteroatoms. The average molecular weight is 622 g/mol. The third-order valence-electron chi connectivity index (χ3n) is 8.88. The van der Waals surface area contributed by atoms with E-state index < -0.39 is 35.0 Å². The zero-order chi connectivity index (χ0) is 32.2. The van der Waals surface area contributed by atoms with E-state index >= 15 is 0 Å². The molecule has 1 amide bonds. The van der Waals surface area contributed by atoms with E-state index in [1.807, 2.05) is 44.2 Å². The Bertz CT molecular complexity index is 1440. The highest BCUT2D eigenvalue weighted by molar-refractivity contribution is 5.83. The van der Waals surface area contributed by atoms with Crippen molar-refractivity contribution in [3.05, 3.63) is 83.4 Å². The highest BCUT2D eigenvalue weighted by atomic mass is 16.7. The van der Waals surface area contributed by atoms with Crippen LogP contribution in [0.4, 0.5) is 0 Å². The van der Waals surface area contributed by atoms with Gasteiger partial charge in [-0.1, -0.05) is 42.5 Å². The molecule has 1 fully saturated rings. The van der Waals surface area contributed by atoms with Crippen LogP contribution >= 0.6 is 0 Å². The molecule has 0 spiro atoms. The molecule has 3 aromatic carbocycles. The Morgan fingerprint density at radius 2 is 1.60 bits per heavy atom. The summed E-state index contributed by atoms with van der Waals surface area (Å²) in [5.74, 6) is -0.711. The second-order valence-corrected chi connectivity index (χ2v) is 11.2. The van der Waals surface area contributed by atoms with Gasteiger partial charge in [-0.3, -0.25) is 4.79 Å². The maximum Gasteiger partial charge on any atom is 0.226 e. The van der Waals surface area contributed by atoms with Crippen LogP contribution in [0.25, 0.3) is 0 Å². The van der Waals surface area contributed by atoms with E-state index in [2.05, 4.69) is 5.32 Å². The number of rotatable bonds is 14. The van der Waals surface area contributed by atoms with Gasteiger partial charge in [0.2, 0.25) is 5.91 Å². The first-order valence-electron chi connectivity index (χ1n) is 15.4. The number of benzene rings is 3. The van der Waals surface area contributed by atoms with Gasteiger partial charge in [-0.25, -0.2) is 0 Å². The third kappa shape index (κ3) is 5.50. The summed E-state index contributed by atoms with van der Waals surface area (Å²) in [5.41, 5.74) is -2.22. The van der Waals surface area contributed by atoms with Crippen LogP contribution in [-0.4, -0.2) is 69.6 Å². The molecule has 1 aliphatic carbocycles. The molecule has 1 heterocycles. The summed E-state index contributed by atoms with van der Waals surface area (Å²) in [7, 11) is 4.57. The van der Waals surface area contributed by atoms with Crippen LogP contribution in [0.5, 0.6) is 23.0 Å². The Kier molecular flexibility index (Phi) is 9.88. The fourth-order valence-corrected chi connectivity index (χ4v) is 6.98. The molecule has 0 unspecified atom stereocenters. The Morgan fingerprint density at radius 1 is 0.933 bits per heavy atom. The van der Waals surface area contributed by atoms with Crippen molar-refractivity contribution in [1.29, 1.82) is 0 Å². The minimum absolute atomic E-state index is 0.251. The molecule has 10 nitrogen and oxygen atoms in total. The van der Waals surface area contributed by atoms with E-state index in [9.17, 15) is 15.0 Å². The summed E-state index contributed by atoms with van der Waals surface area (Å²) in [6.45, 7) is 5.18. The third-order valence-corrected chi connectivity index (χ3v) is 8.88. The lowest BCUT2D eigenvalue weighted by Gasteiger charge is -2.40. The average Bonchev–Trinajstić information content (AvgIpc) is 3.45.